The number of benzene rings is 5. The molecular weight excluding hydrogens is 1180 g/mol. The van der Waals surface area contributed by atoms with Crippen LogP contribution in [0, 0.1) is 0 Å². The third kappa shape index (κ3) is 17.1. The topological polar surface area (TPSA) is 90.4 Å². The van der Waals surface area contributed by atoms with Crippen LogP contribution in [0.1, 0.15) is 159 Å². The molecule has 3 atom stereocenters. The van der Waals surface area contributed by atoms with Crippen LogP contribution in [0.15, 0.2) is 150 Å². The van der Waals surface area contributed by atoms with E-state index >= 15 is 0 Å². The number of hydrogen-bond acceptors (Lipinski definition) is 10. The number of aryl methyl sites for hydroxylation is 3. The predicted molar refractivity (Wildman–Crippen MR) is 363 cm³/mol. The zero-order chi connectivity index (χ0) is 61.1. The molecule has 5 aromatic carbocycles. The molecule has 88 heavy (non-hydrogen) atoms. The summed E-state index contributed by atoms with van der Waals surface area (Å²) in [7, 11) is -0.220. The number of fused-ring (bicyclic) bond motifs is 5. The lowest BCUT2D eigenvalue weighted by Gasteiger charge is -2.32. The first-order valence-corrected chi connectivity index (χ1v) is 34.4. The molecule has 7 aromatic rings. The van der Waals surface area contributed by atoms with Gasteiger partial charge in [0.15, 0.2) is 0 Å². The van der Waals surface area contributed by atoms with Crippen molar-refractivity contribution in [3.05, 3.63) is 205 Å². The molecule has 4 saturated heterocycles. The van der Waals surface area contributed by atoms with Crippen LogP contribution >= 0.6 is 28.1 Å². The lowest BCUT2D eigenvalue weighted by molar-refractivity contribution is 0.00578. The van der Waals surface area contributed by atoms with Crippen molar-refractivity contribution < 1.29 is 36.9 Å². The Morgan fingerprint density at radius 3 is 1.33 bits per heavy atom. The van der Waals surface area contributed by atoms with E-state index in [1.807, 2.05) is 60.8 Å². The molecule has 9 nitrogen and oxygen atoms in total. The van der Waals surface area contributed by atoms with Gasteiger partial charge in [-0.05, 0) is 221 Å². The van der Waals surface area contributed by atoms with Crippen molar-refractivity contribution in [3.8, 4) is 0 Å². The minimum Gasteiger partial charge on any atom is -0.400 e. The smallest absolute Gasteiger partial charge is 0.400 e. The van der Waals surface area contributed by atoms with Gasteiger partial charge in [0.1, 0.15) is 0 Å². The Morgan fingerprint density at radius 2 is 0.909 bits per heavy atom. The Morgan fingerprint density at radius 1 is 0.489 bits per heavy atom. The van der Waals surface area contributed by atoms with Crippen molar-refractivity contribution in [1.82, 2.24) is 9.97 Å². The number of hydrogen-bond donors (Lipinski definition) is 0. The summed E-state index contributed by atoms with van der Waals surface area (Å²) in [4.78, 5) is 8.56. The fourth-order valence-corrected chi connectivity index (χ4v) is 14.0. The molecule has 2 aromatic heterocycles. The molecule has 3 aliphatic carbocycles. The second-order valence-electron chi connectivity index (χ2n) is 25.2. The molecule has 466 valence electrons. The Balaban J connectivity index is 0.000000116. The van der Waals surface area contributed by atoms with E-state index in [2.05, 4.69) is 126 Å². The van der Waals surface area contributed by atoms with E-state index in [1.54, 1.807) is 56.3 Å². The maximum Gasteiger partial charge on any atom is 0.492 e. The summed E-state index contributed by atoms with van der Waals surface area (Å²) in [6.45, 7) is 16.7. The molecule has 16 rings (SSSR count). The molecule has 0 radical (unpaired) electrons. The zero-order valence-corrected chi connectivity index (χ0v) is 55.1. The molecule has 6 aliphatic heterocycles. The van der Waals surface area contributed by atoms with Crippen LogP contribution in [-0.4, -0.2) is 101 Å². The first-order chi connectivity index (χ1) is 43.0. The zero-order valence-electron chi connectivity index (χ0n) is 52.7. The number of nitrogens with zero attached hydrogens (tertiary/aromatic N) is 2. The first kappa shape index (κ1) is 65.9. The van der Waals surface area contributed by atoms with E-state index in [9.17, 15) is 3.89 Å². The Labute approximate surface area is 536 Å². The van der Waals surface area contributed by atoms with Gasteiger partial charge < -0.3 is 33.0 Å². The second-order valence-corrected chi connectivity index (χ2v) is 26.4. The van der Waals surface area contributed by atoms with Crippen molar-refractivity contribution in [2.45, 2.75) is 153 Å². The summed E-state index contributed by atoms with van der Waals surface area (Å²) >= 11 is 3.71. The van der Waals surface area contributed by atoms with Crippen LogP contribution in [0.4, 0.5) is 3.89 Å². The highest BCUT2D eigenvalue weighted by molar-refractivity contribution is 9.10. The largest absolute Gasteiger partial charge is 0.492 e. The highest BCUT2D eigenvalue weighted by atomic mass is 79.9. The summed E-state index contributed by atoms with van der Waals surface area (Å²) in [5.41, 5.74) is 19.7. The number of ether oxygens (including phenoxy) is 5. The van der Waals surface area contributed by atoms with Gasteiger partial charge in [-0.3, -0.25) is 9.97 Å². The fraction of sp³-hybridized carbons (Fsp3) is 0.467. The maximum atomic E-state index is 10.2. The second kappa shape index (κ2) is 32.8. The van der Waals surface area contributed by atoms with E-state index in [0.717, 1.165) is 72.6 Å². The summed E-state index contributed by atoms with van der Waals surface area (Å²) in [5, 5.41) is 2.37. The molecule has 4 fully saturated rings. The van der Waals surface area contributed by atoms with Crippen LogP contribution in [-0.2, 0) is 71.5 Å². The van der Waals surface area contributed by atoms with Crippen molar-refractivity contribution in [3.63, 3.8) is 0 Å². The standard InChI is InChI=1S/3C14H18O.C13H11NO.C10H17BO3.C9H6BrN.CH3FS/c3*1-2-6-13-11(4-1)5-3-7-14(13)12-8-9-15-10-12;1-3-11(10-6-8-15-9-10)12-4-2-7-14-13(12)5-1;1-9(2)10(3,4)14-11(13-9)8-5-6-12-7-8;10-8-4-1-5-9-7(8)3-2-6-11-9;1-3-2/h3*3,5,7,12H,1-2,4,6,8-10H2;1-7H,8-9H2;5H,6-7H2,1-4H3;1-6H;1H3/t2*12-;;;;;/m10...../s1. The van der Waals surface area contributed by atoms with Gasteiger partial charge >= 0.3 is 7.12 Å². The van der Waals surface area contributed by atoms with Gasteiger partial charge in [0.25, 0.3) is 0 Å². The van der Waals surface area contributed by atoms with Crippen LogP contribution in [0.3, 0.4) is 0 Å². The van der Waals surface area contributed by atoms with E-state index in [1.165, 1.54) is 119 Å². The van der Waals surface area contributed by atoms with Crippen molar-refractivity contribution in [2.24, 2.45) is 0 Å². The van der Waals surface area contributed by atoms with Gasteiger partial charge in [-0.25, -0.2) is 0 Å². The lowest BCUT2D eigenvalue weighted by Crippen LogP contribution is -2.41. The van der Waals surface area contributed by atoms with Crippen LogP contribution < -0.4 is 0 Å². The molecule has 0 amide bonds. The summed E-state index contributed by atoms with van der Waals surface area (Å²) in [5.74, 6) is 2.04. The molecular formula is C75H91BBrFN2O7S. The van der Waals surface area contributed by atoms with Crippen molar-refractivity contribution in [2.75, 3.05) is 72.3 Å². The SMILES string of the molecule is Brc1cccc2ncccc12.C1=C(c2cccc3ncccc23)COC1.CC1(C)OB(C2=CCOC2)OC1(C)C.CSF.c1cc2c(c(C3CCOC3)c1)CCCC2.c1cc2c(c([C@@H]3CCOC3)c1)CCCC2.c1cc2c(c([C@H]3CCOC3)c1)CCCC2. The quantitative estimate of drug-likeness (QED) is 0.155. The Kier molecular flexibility index (Phi) is 24.6. The summed E-state index contributed by atoms with van der Waals surface area (Å²) in [6.07, 6.45) is 28.8. The monoisotopic (exact) mass is 1270 g/mol. The first-order valence-electron chi connectivity index (χ1n) is 32.4. The molecule has 0 N–H and O–H groups in total. The molecule has 1 unspecified atom stereocenters. The van der Waals surface area contributed by atoms with Gasteiger partial charge in [-0.15, -0.1) is 0 Å². The molecule has 0 saturated carbocycles. The third-order valence-corrected chi connectivity index (χ3v) is 19.7. The van der Waals surface area contributed by atoms with E-state index < -0.39 is 0 Å². The van der Waals surface area contributed by atoms with Crippen molar-refractivity contribution in [1.29, 1.82) is 0 Å². The molecule has 9 aliphatic rings. The molecule has 13 heteroatoms. The maximum absolute atomic E-state index is 10.2. The molecule has 0 bridgehead atoms. The third-order valence-electron chi connectivity index (χ3n) is 19.0. The highest BCUT2D eigenvalue weighted by Gasteiger charge is 2.52. The highest BCUT2D eigenvalue weighted by Crippen LogP contribution is 2.40. The number of aromatic nitrogens is 2. The van der Waals surface area contributed by atoms with Crippen LogP contribution in [0.25, 0.3) is 27.4 Å². The summed E-state index contributed by atoms with van der Waals surface area (Å²) < 4.78 is 50.2. The van der Waals surface area contributed by atoms with Gasteiger partial charge in [-0.2, -0.15) is 3.89 Å². The van der Waals surface area contributed by atoms with E-state index in [-0.39, 0.29) is 30.5 Å². The van der Waals surface area contributed by atoms with E-state index in [4.69, 9.17) is 33.0 Å². The van der Waals surface area contributed by atoms with E-state index in [0.29, 0.717) is 37.6 Å². The van der Waals surface area contributed by atoms with Gasteiger partial charge in [0, 0.05) is 83.6 Å². The minimum absolute atomic E-state index is 0.220. The molecule has 8 heterocycles. The van der Waals surface area contributed by atoms with Gasteiger partial charge in [-0.1, -0.05) is 113 Å². The predicted octanol–water partition coefficient (Wildman–Crippen LogP) is 17.7. The fourth-order valence-electron chi connectivity index (χ4n) is 13.5. The number of rotatable bonds is 5. The van der Waals surface area contributed by atoms with Gasteiger partial charge in [0.2, 0.25) is 0 Å². The minimum atomic E-state index is -0.249. The Bertz CT molecular complexity index is 3230. The molecule has 0 spiro atoms. The summed E-state index contributed by atoms with van der Waals surface area (Å²) in [6, 6.07) is 40.9. The lowest BCUT2D eigenvalue weighted by atomic mass is 9.79. The van der Waals surface area contributed by atoms with Crippen LogP contribution in [0.5, 0.6) is 0 Å². The normalized spacial score (nSPS) is 21.7. The number of pyridine rings is 2. The van der Waals surface area contributed by atoms with Gasteiger partial charge in [0.05, 0.1) is 68.5 Å². The average Bonchev–Trinajstić information content (AvgIpc) is 3.21. The number of halogens is 2. The average molecular weight is 1270 g/mol. The van der Waals surface area contributed by atoms with Crippen molar-refractivity contribution >= 4 is 62.6 Å². The Hall–Kier alpha value is -5.06. The van der Waals surface area contributed by atoms with Crippen LogP contribution in [0.2, 0.25) is 0 Å².